The van der Waals surface area contributed by atoms with Crippen LogP contribution < -0.4 is 14.2 Å². The van der Waals surface area contributed by atoms with Crippen LogP contribution in [0.2, 0.25) is 0 Å². The summed E-state index contributed by atoms with van der Waals surface area (Å²) in [6, 6.07) is 3.82. The van der Waals surface area contributed by atoms with Crippen LogP contribution in [0.1, 0.15) is 25.8 Å². The van der Waals surface area contributed by atoms with Gasteiger partial charge in [-0.15, -0.1) is 0 Å². The molecule has 0 bridgehead atoms. The lowest BCUT2D eigenvalue weighted by atomic mass is 9.93. The Bertz CT molecular complexity index is 396. The van der Waals surface area contributed by atoms with Crippen molar-refractivity contribution in [3.05, 3.63) is 17.7 Å². The van der Waals surface area contributed by atoms with Crippen LogP contribution in [0.3, 0.4) is 0 Å². The van der Waals surface area contributed by atoms with Gasteiger partial charge in [0.25, 0.3) is 0 Å². The monoisotopic (exact) mass is 222 g/mol. The van der Waals surface area contributed by atoms with Crippen LogP contribution in [0.5, 0.6) is 17.2 Å². The molecule has 0 aromatic heterocycles. The lowest BCUT2D eigenvalue weighted by molar-refractivity contribution is 0.0794. The molecule has 0 spiro atoms. The summed E-state index contributed by atoms with van der Waals surface area (Å²) in [5.41, 5.74) is 0.980. The molecule has 0 radical (unpaired) electrons. The molecule has 1 aliphatic heterocycles. The molecule has 1 heterocycles. The van der Waals surface area contributed by atoms with E-state index >= 15 is 0 Å². The first-order chi connectivity index (χ1) is 7.57. The van der Waals surface area contributed by atoms with Crippen molar-refractivity contribution in [3.8, 4) is 17.2 Å². The zero-order valence-electron chi connectivity index (χ0n) is 10.3. The van der Waals surface area contributed by atoms with Crippen molar-refractivity contribution in [1.82, 2.24) is 0 Å². The molecule has 0 unspecified atom stereocenters. The van der Waals surface area contributed by atoms with Crippen LogP contribution >= 0.6 is 0 Å². The SMILES string of the molecule is COc1ccc(OC)c2c1CCC(C)(C)O2. The van der Waals surface area contributed by atoms with E-state index in [0.717, 1.165) is 35.7 Å². The minimum absolute atomic E-state index is 0.132. The number of ether oxygens (including phenoxy) is 3. The Morgan fingerprint density at radius 1 is 1.12 bits per heavy atom. The first-order valence-electron chi connectivity index (χ1n) is 5.50. The summed E-state index contributed by atoms with van der Waals surface area (Å²) in [6.07, 6.45) is 1.95. The molecular weight excluding hydrogens is 204 g/mol. The molecule has 0 atom stereocenters. The molecule has 0 N–H and O–H groups in total. The normalized spacial score (nSPS) is 17.2. The Morgan fingerprint density at radius 2 is 1.75 bits per heavy atom. The van der Waals surface area contributed by atoms with Gasteiger partial charge in [-0.3, -0.25) is 0 Å². The number of benzene rings is 1. The van der Waals surface area contributed by atoms with Gasteiger partial charge in [-0.05, 0) is 38.8 Å². The molecule has 1 aromatic rings. The second kappa shape index (κ2) is 3.89. The minimum Gasteiger partial charge on any atom is -0.496 e. The topological polar surface area (TPSA) is 27.7 Å². The summed E-state index contributed by atoms with van der Waals surface area (Å²) in [7, 11) is 3.34. The van der Waals surface area contributed by atoms with E-state index in [2.05, 4.69) is 13.8 Å². The maximum Gasteiger partial charge on any atom is 0.168 e. The molecular formula is C13H18O3. The standard InChI is InChI=1S/C13H18O3/c1-13(2)8-7-9-10(14-3)5-6-11(15-4)12(9)16-13/h5-6H,7-8H2,1-4H3. The third-order valence-corrected chi connectivity index (χ3v) is 2.98. The summed E-state index contributed by atoms with van der Waals surface area (Å²) in [5, 5.41) is 0. The maximum absolute atomic E-state index is 5.98. The van der Waals surface area contributed by atoms with Gasteiger partial charge in [0.1, 0.15) is 11.4 Å². The molecule has 0 fully saturated rings. The molecule has 16 heavy (non-hydrogen) atoms. The summed E-state index contributed by atoms with van der Waals surface area (Å²) in [5.74, 6) is 2.49. The van der Waals surface area contributed by atoms with E-state index in [-0.39, 0.29) is 5.60 Å². The third-order valence-electron chi connectivity index (χ3n) is 2.98. The Balaban J connectivity index is 2.50. The highest BCUT2D eigenvalue weighted by Crippen LogP contribution is 2.44. The van der Waals surface area contributed by atoms with Gasteiger partial charge in [-0.25, -0.2) is 0 Å². The average molecular weight is 222 g/mol. The fourth-order valence-corrected chi connectivity index (χ4v) is 2.04. The van der Waals surface area contributed by atoms with E-state index in [1.54, 1.807) is 14.2 Å². The summed E-state index contributed by atoms with van der Waals surface area (Å²) < 4.78 is 16.6. The molecule has 1 aliphatic rings. The van der Waals surface area contributed by atoms with E-state index in [1.165, 1.54) is 0 Å². The molecule has 2 rings (SSSR count). The fourth-order valence-electron chi connectivity index (χ4n) is 2.04. The zero-order chi connectivity index (χ0) is 11.8. The highest BCUT2D eigenvalue weighted by molar-refractivity contribution is 5.55. The maximum atomic E-state index is 5.98. The van der Waals surface area contributed by atoms with Crippen molar-refractivity contribution in [2.24, 2.45) is 0 Å². The summed E-state index contributed by atoms with van der Waals surface area (Å²) in [6.45, 7) is 4.18. The predicted octanol–water partition coefficient (Wildman–Crippen LogP) is 2.81. The number of rotatable bonds is 2. The lowest BCUT2D eigenvalue weighted by Crippen LogP contribution is -2.32. The van der Waals surface area contributed by atoms with Gasteiger partial charge in [0, 0.05) is 5.56 Å². The second-order valence-corrected chi connectivity index (χ2v) is 4.64. The van der Waals surface area contributed by atoms with E-state index < -0.39 is 0 Å². The molecule has 0 saturated heterocycles. The van der Waals surface area contributed by atoms with Gasteiger partial charge in [0.05, 0.1) is 14.2 Å². The van der Waals surface area contributed by atoms with Crippen molar-refractivity contribution in [2.45, 2.75) is 32.3 Å². The van der Waals surface area contributed by atoms with Gasteiger partial charge in [-0.2, -0.15) is 0 Å². The molecule has 0 aliphatic carbocycles. The largest absolute Gasteiger partial charge is 0.496 e. The number of hydrogen-bond acceptors (Lipinski definition) is 3. The number of hydrogen-bond donors (Lipinski definition) is 0. The van der Waals surface area contributed by atoms with Crippen molar-refractivity contribution < 1.29 is 14.2 Å². The molecule has 3 nitrogen and oxygen atoms in total. The zero-order valence-corrected chi connectivity index (χ0v) is 10.3. The second-order valence-electron chi connectivity index (χ2n) is 4.64. The van der Waals surface area contributed by atoms with Crippen LogP contribution in [0.25, 0.3) is 0 Å². The number of fused-ring (bicyclic) bond motifs is 1. The van der Waals surface area contributed by atoms with E-state index in [0.29, 0.717) is 0 Å². The average Bonchev–Trinajstić information content (AvgIpc) is 2.26. The van der Waals surface area contributed by atoms with Crippen LogP contribution in [-0.2, 0) is 6.42 Å². The first-order valence-corrected chi connectivity index (χ1v) is 5.50. The van der Waals surface area contributed by atoms with Gasteiger partial charge < -0.3 is 14.2 Å². The molecule has 1 aromatic carbocycles. The molecule has 0 saturated carbocycles. The first kappa shape index (κ1) is 11.1. The Kier molecular flexibility index (Phi) is 2.70. The summed E-state index contributed by atoms with van der Waals surface area (Å²) >= 11 is 0. The quantitative estimate of drug-likeness (QED) is 0.770. The van der Waals surface area contributed by atoms with Crippen LogP contribution in [-0.4, -0.2) is 19.8 Å². The third kappa shape index (κ3) is 1.82. The van der Waals surface area contributed by atoms with Gasteiger partial charge >= 0.3 is 0 Å². The Morgan fingerprint density at radius 3 is 2.38 bits per heavy atom. The van der Waals surface area contributed by atoms with Gasteiger partial charge in [0.15, 0.2) is 11.5 Å². The van der Waals surface area contributed by atoms with Gasteiger partial charge in [0.2, 0.25) is 0 Å². The van der Waals surface area contributed by atoms with Crippen molar-refractivity contribution in [2.75, 3.05) is 14.2 Å². The Hall–Kier alpha value is -1.38. The molecule has 3 heteroatoms. The smallest absolute Gasteiger partial charge is 0.168 e. The van der Waals surface area contributed by atoms with E-state index in [1.807, 2.05) is 12.1 Å². The van der Waals surface area contributed by atoms with Crippen molar-refractivity contribution >= 4 is 0 Å². The molecule has 0 amide bonds. The van der Waals surface area contributed by atoms with Crippen molar-refractivity contribution in [3.63, 3.8) is 0 Å². The Labute approximate surface area is 96.3 Å². The van der Waals surface area contributed by atoms with Crippen LogP contribution in [0, 0.1) is 0 Å². The lowest BCUT2D eigenvalue weighted by Gasteiger charge is -2.34. The van der Waals surface area contributed by atoms with Crippen LogP contribution in [0.15, 0.2) is 12.1 Å². The van der Waals surface area contributed by atoms with Crippen molar-refractivity contribution in [1.29, 1.82) is 0 Å². The highest BCUT2D eigenvalue weighted by atomic mass is 16.5. The minimum atomic E-state index is -0.132. The van der Waals surface area contributed by atoms with E-state index in [9.17, 15) is 0 Å². The predicted molar refractivity (Wildman–Crippen MR) is 62.6 cm³/mol. The summed E-state index contributed by atoms with van der Waals surface area (Å²) in [4.78, 5) is 0. The number of methoxy groups -OCH3 is 2. The van der Waals surface area contributed by atoms with Gasteiger partial charge in [-0.1, -0.05) is 0 Å². The van der Waals surface area contributed by atoms with Crippen LogP contribution in [0.4, 0.5) is 0 Å². The molecule has 88 valence electrons. The van der Waals surface area contributed by atoms with E-state index in [4.69, 9.17) is 14.2 Å². The highest BCUT2D eigenvalue weighted by Gasteiger charge is 2.30. The fraction of sp³-hybridized carbons (Fsp3) is 0.538.